The lowest BCUT2D eigenvalue weighted by molar-refractivity contribution is 0.412. The third-order valence-electron chi connectivity index (χ3n) is 4.83. The molecule has 1 fully saturated rings. The van der Waals surface area contributed by atoms with Crippen molar-refractivity contribution < 1.29 is 0 Å². The Morgan fingerprint density at radius 3 is 2.88 bits per heavy atom. The molecular weight excluding hydrogens is 300 g/mol. The maximum atomic E-state index is 5.70. The Morgan fingerprint density at radius 2 is 2.12 bits per heavy atom. The van der Waals surface area contributed by atoms with Crippen LogP contribution < -0.4 is 10.6 Å². The number of aromatic nitrogens is 4. The number of aryl methyl sites for hydroxylation is 3. The molecule has 2 N–H and O–H groups in total. The number of hydrogen-bond donors (Lipinski definition) is 1. The van der Waals surface area contributed by atoms with Crippen molar-refractivity contribution in [1.29, 1.82) is 0 Å². The highest BCUT2D eigenvalue weighted by molar-refractivity contribution is 5.42. The van der Waals surface area contributed by atoms with E-state index < -0.39 is 0 Å². The smallest absolute Gasteiger partial charge is 0.132 e. The summed E-state index contributed by atoms with van der Waals surface area (Å²) in [5.41, 5.74) is 6.75. The zero-order valence-corrected chi connectivity index (χ0v) is 14.8. The van der Waals surface area contributed by atoms with Crippen LogP contribution in [-0.4, -0.2) is 38.7 Å². The van der Waals surface area contributed by atoms with Gasteiger partial charge in [-0.1, -0.05) is 0 Å². The highest BCUT2D eigenvalue weighted by Gasteiger charge is 2.24. The Labute approximate surface area is 144 Å². The van der Waals surface area contributed by atoms with Crippen LogP contribution >= 0.6 is 0 Å². The predicted molar refractivity (Wildman–Crippen MR) is 96.1 cm³/mol. The summed E-state index contributed by atoms with van der Waals surface area (Å²) in [6, 6.07) is 2.65. The maximum Gasteiger partial charge on any atom is 0.132 e. The van der Waals surface area contributed by atoms with E-state index >= 15 is 0 Å². The second-order valence-corrected chi connectivity index (χ2v) is 6.60. The van der Waals surface area contributed by atoms with Gasteiger partial charge in [-0.2, -0.15) is 0 Å². The minimum absolute atomic E-state index is 0.528. The molecule has 0 radical (unpaired) electrons. The van der Waals surface area contributed by atoms with Crippen molar-refractivity contribution in [3.8, 4) is 0 Å². The van der Waals surface area contributed by atoms with Gasteiger partial charge >= 0.3 is 0 Å². The number of rotatable bonds is 6. The molecule has 0 aromatic carbocycles. The second kappa shape index (κ2) is 7.75. The highest BCUT2D eigenvalue weighted by Crippen LogP contribution is 2.26. The molecule has 2 aromatic rings. The van der Waals surface area contributed by atoms with E-state index in [-0.39, 0.29) is 0 Å². The van der Waals surface area contributed by atoms with E-state index in [0.717, 1.165) is 49.1 Å². The zero-order chi connectivity index (χ0) is 16.9. The fourth-order valence-electron chi connectivity index (χ4n) is 3.57. The number of piperidine rings is 1. The molecule has 1 atom stereocenters. The third kappa shape index (κ3) is 3.93. The fourth-order valence-corrected chi connectivity index (χ4v) is 3.57. The van der Waals surface area contributed by atoms with Crippen molar-refractivity contribution in [3.05, 3.63) is 35.8 Å². The Hall–Kier alpha value is -1.95. The van der Waals surface area contributed by atoms with Crippen LogP contribution in [0.4, 0.5) is 5.82 Å². The number of hydrogen-bond acceptors (Lipinski definition) is 5. The summed E-state index contributed by atoms with van der Waals surface area (Å²) < 4.78 is 2.23. The Kier molecular flexibility index (Phi) is 5.45. The van der Waals surface area contributed by atoms with Gasteiger partial charge in [-0.25, -0.2) is 15.0 Å². The van der Waals surface area contributed by atoms with Crippen molar-refractivity contribution in [1.82, 2.24) is 19.5 Å². The van der Waals surface area contributed by atoms with Crippen molar-refractivity contribution in [3.63, 3.8) is 0 Å². The summed E-state index contributed by atoms with van der Waals surface area (Å²) in [6.07, 6.45) is 9.62. The SMILES string of the molecule is Cc1nc(CCN)cc(N2CCCC[C@@H]2CCn2ccnc2C)n1. The number of nitrogens with zero attached hydrogens (tertiary/aromatic N) is 5. The molecule has 2 aromatic heterocycles. The molecule has 0 aliphatic carbocycles. The molecule has 1 aliphatic heterocycles. The number of nitrogens with two attached hydrogens (primary N) is 1. The molecule has 6 nitrogen and oxygen atoms in total. The molecular formula is C18H28N6. The lowest BCUT2D eigenvalue weighted by Gasteiger charge is -2.37. The molecule has 6 heteroatoms. The molecule has 0 bridgehead atoms. The first-order chi connectivity index (χ1) is 11.7. The van der Waals surface area contributed by atoms with Gasteiger partial charge in [0.2, 0.25) is 0 Å². The lowest BCUT2D eigenvalue weighted by atomic mass is 9.99. The summed E-state index contributed by atoms with van der Waals surface area (Å²) >= 11 is 0. The van der Waals surface area contributed by atoms with E-state index in [1.54, 1.807) is 0 Å². The predicted octanol–water partition coefficient (Wildman–Crippen LogP) is 2.24. The molecule has 3 rings (SSSR count). The number of imidazole rings is 1. The summed E-state index contributed by atoms with van der Waals surface area (Å²) in [5.74, 6) is 2.99. The fraction of sp³-hybridized carbons (Fsp3) is 0.611. The van der Waals surface area contributed by atoms with Crippen LogP contribution in [0.25, 0.3) is 0 Å². The van der Waals surface area contributed by atoms with Gasteiger partial charge < -0.3 is 15.2 Å². The first-order valence-corrected chi connectivity index (χ1v) is 8.96. The average Bonchev–Trinajstić information content (AvgIpc) is 2.98. The van der Waals surface area contributed by atoms with Crippen molar-refractivity contribution >= 4 is 5.82 Å². The first kappa shape index (κ1) is 16.9. The van der Waals surface area contributed by atoms with Gasteiger partial charge in [-0.05, 0) is 46.1 Å². The monoisotopic (exact) mass is 328 g/mol. The molecule has 0 unspecified atom stereocenters. The minimum atomic E-state index is 0.528. The van der Waals surface area contributed by atoms with E-state index in [0.29, 0.717) is 12.6 Å². The van der Waals surface area contributed by atoms with Crippen LogP contribution in [0.3, 0.4) is 0 Å². The Balaban J connectivity index is 1.75. The standard InChI is InChI=1S/C18H28N6/c1-14-21-16(6-8-19)13-18(22-14)24-10-4-3-5-17(24)7-11-23-12-9-20-15(23)2/h9,12-13,17H,3-8,10-11,19H2,1-2H3/t17-/m1/s1. The highest BCUT2D eigenvalue weighted by atomic mass is 15.2. The van der Waals surface area contributed by atoms with Crippen LogP contribution in [0, 0.1) is 13.8 Å². The van der Waals surface area contributed by atoms with E-state index in [2.05, 4.69) is 38.6 Å². The van der Waals surface area contributed by atoms with Crippen LogP contribution in [0.5, 0.6) is 0 Å². The largest absolute Gasteiger partial charge is 0.353 e. The lowest BCUT2D eigenvalue weighted by Crippen LogP contribution is -2.41. The van der Waals surface area contributed by atoms with E-state index in [9.17, 15) is 0 Å². The topological polar surface area (TPSA) is 72.9 Å². The van der Waals surface area contributed by atoms with Gasteiger partial charge in [0, 0.05) is 49.7 Å². The van der Waals surface area contributed by atoms with Crippen LogP contribution in [0.2, 0.25) is 0 Å². The van der Waals surface area contributed by atoms with Gasteiger partial charge in [0.05, 0.1) is 0 Å². The maximum absolute atomic E-state index is 5.70. The third-order valence-corrected chi connectivity index (χ3v) is 4.83. The van der Waals surface area contributed by atoms with Crippen molar-refractivity contribution in [2.75, 3.05) is 18.0 Å². The second-order valence-electron chi connectivity index (χ2n) is 6.60. The summed E-state index contributed by atoms with van der Waals surface area (Å²) in [4.78, 5) is 16.0. The molecule has 0 saturated carbocycles. The van der Waals surface area contributed by atoms with Crippen LogP contribution in [0.15, 0.2) is 18.5 Å². The van der Waals surface area contributed by atoms with Gasteiger partial charge in [-0.15, -0.1) is 0 Å². The van der Waals surface area contributed by atoms with Crippen LogP contribution in [-0.2, 0) is 13.0 Å². The van der Waals surface area contributed by atoms with Crippen LogP contribution in [0.1, 0.15) is 43.0 Å². The molecule has 130 valence electrons. The van der Waals surface area contributed by atoms with Crippen molar-refractivity contribution in [2.45, 2.75) is 58.5 Å². The quantitative estimate of drug-likeness (QED) is 0.880. The molecule has 3 heterocycles. The molecule has 1 aliphatic rings. The van der Waals surface area contributed by atoms with E-state index in [4.69, 9.17) is 10.7 Å². The molecule has 24 heavy (non-hydrogen) atoms. The minimum Gasteiger partial charge on any atom is -0.353 e. The molecule has 1 saturated heterocycles. The summed E-state index contributed by atoms with van der Waals surface area (Å²) in [5, 5.41) is 0. The van der Waals surface area contributed by atoms with Gasteiger partial charge in [-0.3, -0.25) is 0 Å². The number of anilines is 1. The normalized spacial score (nSPS) is 18.1. The first-order valence-electron chi connectivity index (χ1n) is 8.96. The van der Waals surface area contributed by atoms with Gasteiger partial charge in [0.1, 0.15) is 17.5 Å². The van der Waals surface area contributed by atoms with Gasteiger partial charge in [0.25, 0.3) is 0 Å². The molecule has 0 spiro atoms. The Morgan fingerprint density at radius 1 is 1.25 bits per heavy atom. The summed E-state index contributed by atoms with van der Waals surface area (Å²) in [6.45, 7) is 6.74. The average molecular weight is 328 g/mol. The molecule has 0 amide bonds. The zero-order valence-electron chi connectivity index (χ0n) is 14.8. The van der Waals surface area contributed by atoms with Gasteiger partial charge in [0.15, 0.2) is 0 Å². The Bertz CT molecular complexity index is 665. The summed E-state index contributed by atoms with van der Waals surface area (Å²) in [7, 11) is 0. The van der Waals surface area contributed by atoms with E-state index in [1.807, 2.05) is 13.1 Å². The van der Waals surface area contributed by atoms with Crippen molar-refractivity contribution in [2.24, 2.45) is 5.73 Å². The van der Waals surface area contributed by atoms with E-state index in [1.165, 1.54) is 19.3 Å².